The van der Waals surface area contributed by atoms with Gasteiger partial charge in [-0.15, -0.1) is 0 Å². The fourth-order valence-electron chi connectivity index (χ4n) is 2.05. The van der Waals surface area contributed by atoms with Gasteiger partial charge in [-0.25, -0.2) is 0 Å². The third kappa shape index (κ3) is 2.87. The standard InChI is InChI=1S/C17H10BrNS/c18-15-7-12(11-19)8-17(10-15)20-16-6-5-13-3-1-2-4-14(13)9-16/h1-10H. The topological polar surface area (TPSA) is 23.8 Å². The van der Waals surface area contributed by atoms with E-state index in [1.54, 1.807) is 11.8 Å². The largest absolute Gasteiger partial charge is 0.192 e. The lowest BCUT2D eigenvalue weighted by Gasteiger charge is -2.05. The summed E-state index contributed by atoms with van der Waals surface area (Å²) in [7, 11) is 0. The van der Waals surface area contributed by atoms with Crippen molar-refractivity contribution >= 4 is 38.5 Å². The second kappa shape index (κ2) is 5.70. The summed E-state index contributed by atoms with van der Waals surface area (Å²) < 4.78 is 0.930. The molecule has 0 aliphatic rings. The summed E-state index contributed by atoms with van der Waals surface area (Å²) >= 11 is 5.11. The summed E-state index contributed by atoms with van der Waals surface area (Å²) in [4.78, 5) is 2.23. The number of hydrogen-bond donors (Lipinski definition) is 0. The first-order valence-electron chi connectivity index (χ1n) is 6.12. The van der Waals surface area contributed by atoms with Gasteiger partial charge in [-0.3, -0.25) is 0 Å². The van der Waals surface area contributed by atoms with Gasteiger partial charge in [-0.05, 0) is 41.1 Å². The minimum absolute atomic E-state index is 0.669. The van der Waals surface area contributed by atoms with Crippen LogP contribution in [0.15, 0.2) is 74.9 Å². The molecule has 0 aliphatic heterocycles. The molecular weight excluding hydrogens is 330 g/mol. The molecule has 96 valence electrons. The Morgan fingerprint density at radius 3 is 2.45 bits per heavy atom. The van der Waals surface area contributed by atoms with Gasteiger partial charge in [-0.2, -0.15) is 5.26 Å². The highest BCUT2D eigenvalue weighted by molar-refractivity contribution is 9.10. The van der Waals surface area contributed by atoms with E-state index < -0.39 is 0 Å². The van der Waals surface area contributed by atoms with Crippen LogP contribution in [0.1, 0.15) is 5.56 Å². The van der Waals surface area contributed by atoms with Crippen molar-refractivity contribution in [1.82, 2.24) is 0 Å². The molecule has 3 aromatic rings. The van der Waals surface area contributed by atoms with Crippen LogP contribution >= 0.6 is 27.7 Å². The predicted octanol–water partition coefficient (Wildman–Crippen LogP) is 5.63. The monoisotopic (exact) mass is 339 g/mol. The van der Waals surface area contributed by atoms with E-state index in [0.29, 0.717) is 5.56 Å². The van der Waals surface area contributed by atoms with Crippen LogP contribution in [-0.2, 0) is 0 Å². The fourth-order valence-corrected chi connectivity index (χ4v) is 3.66. The van der Waals surface area contributed by atoms with Gasteiger partial charge in [0, 0.05) is 14.3 Å². The van der Waals surface area contributed by atoms with Crippen molar-refractivity contribution in [2.24, 2.45) is 0 Å². The van der Waals surface area contributed by atoms with Crippen LogP contribution in [0.3, 0.4) is 0 Å². The zero-order chi connectivity index (χ0) is 13.9. The van der Waals surface area contributed by atoms with Crippen LogP contribution in [0.4, 0.5) is 0 Å². The minimum atomic E-state index is 0.669. The molecule has 0 heterocycles. The van der Waals surface area contributed by atoms with E-state index in [2.05, 4.69) is 52.3 Å². The lowest BCUT2D eigenvalue weighted by Crippen LogP contribution is -1.79. The number of rotatable bonds is 2. The van der Waals surface area contributed by atoms with Crippen LogP contribution in [0.5, 0.6) is 0 Å². The summed E-state index contributed by atoms with van der Waals surface area (Å²) in [6, 6.07) is 22.7. The molecule has 0 spiro atoms. The zero-order valence-electron chi connectivity index (χ0n) is 10.5. The fraction of sp³-hybridized carbons (Fsp3) is 0. The lowest BCUT2D eigenvalue weighted by molar-refractivity contribution is 1.37. The first kappa shape index (κ1) is 13.2. The first-order chi connectivity index (χ1) is 9.74. The van der Waals surface area contributed by atoms with Crippen LogP contribution in [0, 0.1) is 11.3 Å². The molecule has 20 heavy (non-hydrogen) atoms. The van der Waals surface area contributed by atoms with E-state index in [1.807, 2.05) is 30.3 Å². The van der Waals surface area contributed by atoms with Crippen molar-refractivity contribution in [2.45, 2.75) is 9.79 Å². The van der Waals surface area contributed by atoms with Crippen LogP contribution < -0.4 is 0 Å². The summed E-state index contributed by atoms with van der Waals surface area (Å²) in [5.41, 5.74) is 0.669. The molecule has 0 saturated carbocycles. The predicted molar refractivity (Wildman–Crippen MR) is 86.9 cm³/mol. The van der Waals surface area contributed by atoms with Gasteiger partial charge in [0.05, 0.1) is 11.6 Å². The molecule has 0 radical (unpaired) electrons. The molecule has 0 fully saturated rings. The van der Waals surface area contributed by atoms with Crippen molar-refractivity contribution in [3.8, 4) is 6.07 Å². The number of benzene rings is 3. The number of nitriles is 1. The summed E-state index contributed by atoms with van der Waals surface area (Å²) in [5, 5.41) is 11.5. The Bertz CT molecular complexity index is 821. The highest BCUT2D eigenvalue weighted by Gasteiger charge is 2.03. The number of hydrogen-bond acceptors (Lipinski definition) is 2. The molecule has 0 bridgehead atoms. The van der Waals surface area contributed by atoms with Gasteiger partial charge in [0.1, 0.15) is 0 Å². The number of halogens is 1. The van der Waals surface area contributed by atoms with Gasteiger partial charge in [0.15, 0.2) is 0 Å². The number of fused-ring (bicyclic) bond motifs is 1. The Labute approximate surface area is 130 Å². The van der Waals surface area contributed by atoms with E-state index >= 15 is 0 Å². The van der Waals surface area contributed by atoms with E-state index in [4.69, 9.17) is 5.26 Å². The number of nitrogens with zero attached hydrogens (tertiary/aromatic N) is 1. The zero-order valence-corrected chi connectivity index (χ0v) is 12.9. The molecule has 1 nitrogen and oxygen atoms in total. The summed E-state index contributed by atoms with van der Waals surface area (Å²) in [6.07, 6.45) is 0. The molecule has 0 unspecified atom stereocenters. The minimum Gasteiger partial charge on any atom is -0.192 e. The maximum Gasteiger partial charge on any atom is 0.0992 e. The normalized spacial score (nSPS) is 10.4. The molecule has 0 aliphatic carbocycles. The van der Waals surface area contributed by atoms with Crippen molar-refractivity contribution in [3.63, 3.8) is 0 Å². The highest BCUT2D eigenvalue weighted by Crippen LogP contribution is 2.32. The molecule has 0 saturated heterocycles. The van der Waals surface area contributed by atoms with Crippen LogP contribution in [0.2, 0.25) is 0 Å². The highest BCUT2D eigenvalue weighted by atomic mass is 79.9. The van der Waals surface area contributed by atoms with E-state index in [1.165, 1.54) is 15.7 Å². The van der Waals surface area contributed by atoms with Crippen LogP contribution in [-0.4, -0.2) is 0 Å². The Morgan fingerprint density at radius 1 is 0.850 bits per heavy atom. The molecule has 3 heteroatoms. The average Bonchev–Trinajstić information content (AvgIpc) is 2.46. The van der Waals surface area contributed by atoms with E-state index in [9.17, 15) is 0 Å². The maximum absolute atomic E-state index is 9.01. The Morgan fingerprint density at radius 2 is 1.65 bits per heavy atom. The van der Waals surface area contributed by atoms with Gasteiger partial charge < -0.3 is 0 Å². The molecule has 0 amide bonds. The first-order valence-corrected chi connectivity index (χ1v) is 7.73. The second-order valence-corrected chi connectivity index (χ2v) is 6.46. The molecular formula is C17H10BrNS. The molecule has 3 aromatic carbocycles. The second-order valence-electron chi connectivity index (χ2n) is 4.40. The Balaban J connectivity index is 1.97. The van der Waals surface area contributed by atoms with Gasteiger partial charge in [-0.1, -0.05) is 58.0 Å². The van der Waals surface area contributed by atoms with Crippen molar-refractivity contribution in [2.75, 3.05) is 0 Å². The van der Waals surface area contributed by atoms with Gasteiger partial charge in [0.25, 0.3) is 0 Å². The quantitative estimate of drug-likeness (QED) is 0.604. The molecule has 0 aromatic heterocycles. The molecule has 0 N–H and O–H groups in total. The molecule has 0 atom stereocenters. The van der Waals surface area contributed by atoms with Crippen molar-refractivity contribution in [1.29, 1.82) is 5.26 Å². The van der Waals surface area contributed by atoms with Gasteiger partial charge in [0.2, 0.25) is 0 Å². The maximum atomic E-state index is 9.01. The summed E-state index contributed by atoms with van der Waals surface area (Å²) in [5.74, 6) is 0. The SMILES string of the molecule is N#Cc1cc(Br)cc(Sc2ccc3ccccc3c2)c1. The summed E-state index contributed by atoms with van der Waals surface area (Å²) in [6.45, 7) is 0. The Hall–Kier alpha value is -1.76. The van der Waals surface area contributed by atoms with Gasteiger partial charge >= 0.3 is 0 Å². The third-order valence-electron chi connectivity index (χ3n) is 2.96. The average molecular weight is 340 g/mol. The third-order valence-corrected chi connectivity index (χ3v) is 4.38. The van der Waals surface area contributed by atoms with Crippen molar-refractivity contribution < 1.29 is 0 Å². The van der Waals surface area contributed by atoms with Crippen molar-refractivity contribution in [3.05, 3.63) is 70.7 Å². The lowest BCUT2D eigenvalue weighted by atomic mass is 10.1. The molecule has 3 rings (SSSR count). The van der Waals surface area contributed by atoms with E-state index in [0.717, 1.165) is 9.37 Å². The Kier molecular flexibility index (Phi) is 3.77. The van der Waals surface area contributed by atoms with Crippen LogP contribution in [0.25, 0.3) is 10.8 Å². The smallest absolute Gasteiger partial charge is 0.0992 e. The van der Waals surface area contributed by atoms with E-state index in [-0.39, 0.29) is 0 Å².